The van der Waals surface area contributed by atoms with Crippen LogP contribution in [-0.2, 0) is 24.9 Å². The summed E-state index contributed by atoms with van der Waals surface area (Å²) >= 11 is 0. The van der Waals surface area contributed by atoms with Gasteiger partial charge in [0.1, 0.15) is 0 Å². The third-order valence-corrected chi connectivity index (χ3v) is 6.67. The van der Waals surface area contributed by atoms with E-state index in [1.807, 2.05) is 18.3 Å². The molecular weight excluding hydrogens is 675 g/mol. The number of carbonyl (C=O) groups excluding carboxylic acids is 1. The summed E-state index contributed by atoms with van der Waals surface area (Å²) in [6.07, 6.45) is 3.04. The smallest absolute Gasteiger partial charge is 0.155 e. The van der Waals surface area contributed by atoms with Crippen molar-refractivity contribution in [2.45, 2.75) is 13.8 Å². The zero-order valence-corrected chi connectivity index (χ0v) is 24.4. The van der Waals surface area contributed by atoms with Crippen molar-refractivity contribution < 1.29 is 30.0 Å². The van der Waals surface area contributed by atoms with E-state index in [0.717, 1.165) is 33.3 Å². The summed E-state index contributed by atoms with van der Waals surface area (Å²) in [5.41, 5.74) is 7.78. The van der Waals surface area contributed by atoms with Crippen molar-refractivity contribution in [3.05, 3.63) is 127 Å². The van der Waals surface area contributed by atoms with Gasteiger partial charge in [-0.25, -0.2) is 0 Å². The fraction of sp³-hybridized carbons (Fsp3) is 0.0588. The zero-order valence-electron chi connectivity index (χ0n) is 22.0. The summed E-state index contributed by atoms with van der Waals surface area (Å²) < 4.78 is 4.68. The minimum atomic E-state index is -0.125. The minimum absolute atomic E-state index is 0. The minimum Gasteiger partial charge on any atom is -0.512 e. The number of fused-ring (bicyclic) bond motifs is 2. The first-order valence-electron chi connectivity index (χ1n) is 12.8. The molecule has 3 heterocycles. The van der Waals surface area contributed by atoms with Gasteiger partial charge < -0.3 is 19.2 Å². The number of aliphatic hydroxyl groups excluding tert-OH is 1. The summed E-state index contributed by atoms with van der Waals surface area (Å²) in [4.78, 5) is 14.9. The van der Waals surface area contributed by atoms with Crippen LogP contribution in [0.1, 0.15) is 13.8 Å². The van der Waals surface area contributed by atoms with Crippen LogP contribution in [0.5, 0.6) is 0 Å². The van der Waals surface area contributed by atoms with Crippen molar-refractivity contribution in [2.75, 3.05) is 0 Å². The topological polar surface area (TPSA) is 60.0 Å². The van der Waals surface area contributed by atoms with Crippen molar-refractivity contribution in [3.63, 3.8) is 0 Å². The number of allylic oxidation sites excluding steroid dienone is 2. The second kappa shape index (κ2) is 11.3. The number of benzene rings is 4. The van der Waals surface area contributed by atoms with E-state index in [0.29, 0.717) is 0 Å². The van der Waals surface area contributed by atoms with E-state index in [4.69, 9.17) is 10.1 Å². The normalized spacial score (nSPS) is 11.4. The molecule has 1 N–H and O–H groups in total. The molecule has 3 aromatic heterocycles. The van der Waals surface area contributed by atoms with Crippen LogP contribution in [0.15, 0.2) is 121 Å². The molecule has 0 unspecified atom stereocenters. The van der Waals surface area contributed by atoms with Crippen LogP contribution in [-0.4, -0.2) is 25.0 Å². The predicted molar refractivity (Wildman–Crippen MR) is 159 cm³/mol. The monoisotopic (exact) mass is 701 g/mol. The Balaban J connectivity index is 0.000000362. The Morgan fingerprint density at radius 2 is 1.27 bits per heavy atom. The van der Waals surface area contributed by atoms with Crippen molar-refractivity contribution in [1.82, 2.24) is 14.1 Å². The molecule has 6 heteroatoms. The van der Waals surface area contributed by atoms with Gasteiger partial charge in [-0.15, -0.1) is 23.6 Å². The number of aliphatic hydroxyl groups is 1. The van der Waals surface area contributed by atoms with E-state index < -0.39 is 0 Å². The second-order valence-electron chi connectivity index (χ2n) is 9.39. The Bertz CT molecular complexity index is 2000. The third-order valence-electron chi connectivity index (χ3n) is 6.67. The number of pyridine rings is 1. The van der Waals surface area contributed by atoms with Gasteiger partial charge in [0.05, 0.1) is 5.76 Å². The standard InChI is InChI=1S/C29H18N3.C5H8O2.Ir/c1-3-10-20(11-4-1)31-23-15-7-14-22-27(23)28-24(31)16-8-17-25(28)32(21-12-5-2-6-13-21)26-18-9-19-30-29(22)26;1-4(6)3-5(2)7;/h1-13,15-19H;3,6H,1-2H3;/q-1;;/b;4-3-;. The SMILES string of the molecule is CC(=O)/C=C(/C)O.[Ir].[c-]1ccc2c3c1c1ncccc1n(-c1ccccc1)c1cccc(c31)n2-c1ccccc1. The summed E-state index contributed by atoms with van der Waals surface area (Å²) in [6.45, 7) is 2.85. The van der Waals surface area contributed by atoms with Gasteiger partial charge in [0.15, 0.2) is 5.78 Å². The van der Waals surface area contributed by atoms with Crippen molar-refractivity contribution in [2.24, 2.45) is 0 Å². The molecule has 0 amide bonds. The Morgan fingerprint density at radius 3 is 1.82 bits per heavy atom. The maximum absolute atomic E-state index is 10.0. The van der Waals surface area contributed by atoms with E-state index in [1.165, 1.54) is 41.7 Å². The van der Waals surface area contributed by atoms with Gasteiger partial charge in [-0.05, 0) is 73.3 Å². The van der Waals surface area contributed by atoms with Crippen LogP contribution in [0.2, 0.25) is 0 Å². The van der Waals surface area contributed by atoms with Gasteiger partial charge in [0.2, 0.25) is 0 Å². The Morgan fingerprint density at radius 1 is 0.725 bits per heavy atom. The molecule has 0 aliphatic heterocycles. The third kappa shape index (κ3) is 4.73. The molecule has 0 aliphatic carbocycles. The molecule has 7 rings (SSSR count). The van der Waals surface area contributed by atoms with Gasteiger partial charge in [0.25, 0.3) is 0 Å². The molecule has 5 nitrogen and oxygen atoms in total. The molecule has 0 bridgehead atoms. The maximum Gasteiger partial charge on any atom is 0.155 e. The first kappa shape index (κ1) is 27.1. The van der Waals surface area contributed by atoms with Gasteiger partial charge in [0, 0.05) is 65.8 Å². The van der Waals surface area contributed by atoms with E-state index >= 15 is 0 Å². The number of hydrogen-bond donors (Lipinski definition) is 1. The average Bonchev–Trinajstić information content (AvgIpc) is 3.23. The van der Waals surface area contributed by atoms with Crippen LogP contribution in [0.3, 0.4) is 0 Å². The molecule has 199 valence electrons. The van der Waals surface area contributed by atoms with Gasteiger partial charge in [-0.1, -0.05) is 47.9 Å². The molecule has 4 aromatic carbocycles. The summed E-state index contributed by atoms with van der Waals surface area (Å²) in [5.74, 6) is -0.0625. The quantitative estimate of drug-likeness (QED) is 0.115. The molecule has 7 aromatic rings. The van der Waals surface area contributed by atoms with Crippen molar-refractivity contribution in [1.29, 1.82) is 0 Å². The van der Waals surface area contributed by atoms with E-state index in [2.05, 4.69) is 106 Å². The number of para-hydroxylation sites is 2. The molecule has 0 fully saturated rings. The number of aromatic nitrogens is 3. The number of carbonyl (C=O) groups is 1. The molecule has 0 atom stereocenters. The van der Waals surface area contributed by atoms with E-state index in [1.54, 1.807) is 0 Å². The first-order chi connectivity index (χ1) is 19.0. The fourth-order valence-electron chi connectivity index (χ4n) is 5.30. The Labute approximate surface area is 245 Å². The maximum atomic E-state index is 10.0. The number of ketones is 1. The Kier molecular flexibility index (Phi) is 7.65. The van der Waals surface area contributed by atoms with E-state index in [-0.39, 0.29) is 31.6 Å². The molecule has 40 heavy (non-hydrogen) atoms. The summed E-state index contributed by atoms with van der Waals surface area (Å²) in [6, 6.07) is 39.5. The van der Waals surface area contributed by atoms with Crippen molar-refractivity contribution in [3.8, 4) is 11.4 Å². The fourth-order valence-corrected chi connectivity index (χ4v) is 5.30. The van der Waals surface area contributed by atoms with Crippen LogP contribution in [0.25, 0.3) is 55.1 Å². The largest absolute Gasteiger partial charge is 0.512 e. The zero-order chi connectivity index (χ0) is 26.9. The predicted octanol–water partition coefficient (Wildman–Crippen LogP) is 8.11. The number of hydrogen-bond acceptors (Lipinski definition) is 3. The molecule has 1 radical (unpaired) electrons. The molecule has 0 aliphatic rings. The Hall–Kier alpha value is -4.51. The summed E-state index contributed by atoms with van der Waals surface area (Å²) in [5, 5.41) is 11.8. The van der Waals surface area contributed by atoms with Gasteiger partial charge in [-0.2, -0.15) is 0 Å². The summed E-state index contributed by atoms with van der Waals surface area (Å²) in [7, 11) is 0. The van der Waals surface area contributed by atoms with E-state index in [9.17, 15) is 4.79 Å². The van der Waals surface area contributed by atoms with Gasteiger partial charge in [-0.3, -0.25) is 4.79 Å². The molecule has 0 saturated carbocycles. The molecular formula is C34H26IrN3O2-. The average molecular weight is 701 g/mol. The number of nitrogens with zero attached hydrogens (tertiary/aromatic N) is 3. The first-order valence-corrected chi connectivity index (χ1v) is 12.8. The molecule has 0 spiro atoms. The second-order valence-corrected chi connectivity index (χ2v) is 9.39. The van der Waals surface area contributed by atoms with Crippen LogP contribution < -0.4 is 0 Å². The van der Waals surface area contributed by atoms with Gasteiger partial charge >= 0.3 is 0 Å². The van der Waals surface area contributed by atoms with Crippen LogP contribution in [0, 0.1) is 6.07 Å². The van der Waals surface area contributed by atoms with Crippen molar-refractivity contribution >= 4 is 49.5 Å². The van der Waals surface area contributed by atoms with Crippen LogP contribution in [0.4, 0.5) is 0 Å². The molecule has 0 saturated heterocycles. The number of rotatable bonds is 3. The van der Waals surface area contributed by atoms with Crippen LogP contribution >= 0.6 is 0 Å².